The molecule has 0 amide bonds. The van der Waals surface area contributed by atoms with Gasteiger partial charge in [-0.25, -0.2) is 0 Å². The highest BCUT2D eigenvalue weighted by Gasteiger charge is 2.11. The molecule has 0 saturated carbocycles. The summed E-state index contributed by atoms with van der Waals surface area (Å²) in [5, 5.41) is 0.578. The van der Waals surface area contributed by atoms with Gasteiger partial charge in [-0.05, 0) is 58.5 Å². The Kier molecular flexibility index (Phi) is 4.82. The molecule has 0 aromatic heterocycles. The highest BCUT2D eigenvalue weighted by atomic mass is 127. The van der Waals surface area contributed by atoms with Gasteiger partial charge < -0.3 is 4.74 Å². The highest BCUT2D eigenvalue weighted by Crippen LogP contribution is 2.21. The second-order valence-electron chi connectivity index (χ2n) is 4.08. The first-order valence-corrected chi connectivity index (χ1v) is 7.17. The minimum atomic E-state index is 0.0557. The smallest absolute Gasteiger partial charge is 0.168 e. The van der Waals surface area contributed by atoms with Gasteiger partial charge in [0, 0.05) is 20.6 Å². The second-order valence-corrected chi connectivity index (χ2v) is 5.67. The van der Waals surface area contributed by atoms with Crippen molar-refractivity contribution in [2.45, 2.75) is 6.42 Å². The lowest BCUT2D eigenvalue weighted by atomic mass is 10.0. The Labute approximate surface area is 130 Å². The van der Waals surface area contributed by atoms with Gasteiger partial charge in [-0.15, -0.1) is 0 Å². The van der Waals surface area contributed by atoms with E-state index in [-0.39, 0.29) is 5.78 Å². The Bertz CT molecular complexity index is 611. The fraction of sp³-hybridized carbons (Fsp3) is 0.133. The number of halogens is 2. The van der Waals surface area contributed by atoms with Crippen molar-refractivity contribution in [2.24, 2.45) is 0 Å². The van der Waals surface area contributed by atoms with E-state index in [9.17, 15) is 4.79 Å². The molecule has 0 N–H and O–H groups in total. The Hall–Kier alpha value is -1.07. The van der Waals surface area contributed by atoms with E-state index in [0.717, 1.165) is 14.9 Å². The van der Waals surface area contributed by atoms with Crippen molar-refractivity contribution in [3.05, 3.63) is 62.2 Å². The van der Waals surface area contributed by atoms with Crippen LogP contribution in [0, 0.1) is 3.57 Å². The van der Waals surface area contributed by atoms with Crippen molar-refractivity contribution in [3.8, 4) is 5.75 Å². The number of Topliss-reactive ketones (excluding diaryl/α,β-unsaturated/α-hetero) is 1. The van der Waals surface area contributed by atoms with Gasteiger partial charge in [-0.3, -0.25) is 4.79 Å². The number of ketones is 1. The van der Waals surface area contributed by atoms with Gasteiger partial charge >= 0.3 is 0 Å². The maximum atomic E-state index is 12.3. The Morgan fingerprint density at radius 1 is 1.26 bits per heavy atom. The summed E-state index contributed by atoms with van der Waals surface area (Å²) in [4.78, 5) is 12.3. The Morgan fingerprint density at radius 3 is 2.79 bits per heavy atom. The van der Waals surface area contributed by atoms with E-state index in [4.69, 9.17) is 16.3 Å². The van der Waals surface area contributed by atoms with E-state index < -0.39 is 0 Å². The van der Waals surface area contributed by atoms with E-state index >= 15 is 0 Å². The molecule has 0 radical (unpaired) electrons. The molecule has 2 aromatic rings. The molecule has 0 saturated heterocycles. The van der Waals surface area contributed by atoms with Gasteiger partial charge in [-0.2, -0.15) is 0 Å². The molecule has 0 spiro atoms. The average Bonchev–Trinajstić information content (AvgIpc) is 2.41. The van der Waals surface area contributed by atoms with Crippen LogP contribution in [0.2, 0.25) is 5.02 Å². The van der Waals surface area contributed by atoms with Gasteiger partial charge in [0.2, 0.25) is 0 Å². The summed E-state index contributed by atoms with van der Waals surface area (Å²) in [5.41, 5.74) is 1.59. The van der Waals surface area contributed by atoms with Crippen molar-refractivity contribution < 1.29 is 9.53 Å². The van der Waals surface area contributed by atoms with Crippen LogP contribution in [-0.2, 0) is 6.42 Å². The topological polar surface area (TPSA) is 26.3 Å². The first kappa shape index (κ1) is 14.3. The van der Waals surface area contributed by atoms with E-state index in [0.29, 0.717) is 17.0 Å². The molecule has 0 fully saturated rings. The van der Waals surface area contributed by atoms with E-state index in [1.54, 1.807) is 19.2 Å². The van der Waals surface area contributed by atoms with Crippen LogP contribution in [0.15, 0.2) is 42.5 Å². The van der Waals surface area contributed by atoms with Crippen LogP contribution in [0.25, 0.3) is 0 Å². The maximum Gasteiger partial charge on any atom is 0.168 e. The number of hydrogen-bond donors (Lipinski definition) is 0. The molecule has 0 aliphatic carbocycles. The number of ether oxygens (including phenoxy) is 1. The van der Waals surface area contributed by atoms with Crippen molar-refractivity contribution in [3.63, 3.8) is 0 Å². The number of rotatable bonds is 4. The minimum Gasteiger partial charge on any atom is -0.497 e. The zero-order valence-electron chi connectivity index (χ0n) is 10.3. The van der Waals surface area contributed by atoms with Crippen molar-refractivity contribution >= 4 is 40.0 Å². The Morgan fingerprint density at radius 2 is 2.05 bits per heavy atom. The maximum absolute atomic E-state index is 12.3. The van der Waals surface area contributed by atoms with Crippen LogP contribution in [0.1, 0.15) is 15.9 Å². The summed E-state index contributed by atoms with van der Waals surface area (Å²) < 4.78 is 6.06. The van der Waals surface area contributed by atoms with Crippen LogP contribution in [0.5, 0.6) is 5.75 Å². The number of carbonyl (C=O) groups excluding carboxylic acids is 1. The predicted octanol–water partition coefficient (Wildman–Crippen LogP) is 4.38. The second kappa shape index (κ2) is 6.39. The van der Waals surface area contributed by atoms with Crippen LogP contribution < -0.4 is 4.74 Å². The largest absolute Gasteiger partial charge is 0.497 e. The lowest BCUT2D eigenvalue weighted by Crippen LogP contribution is -2.05. The van der Waals surface area contributed by atoms with E-state index in [1.165, 1.54) is 0 Å². The molecule has 0 bridgehead atoms. The first-order chi connectivity index (χ1) is 9.10. The molecular formula is C15H12ClIO2. The third-order valence-corrected chi connectivity index (χ3v) is 3.90. The average molecular weight is 387 g/mol. The standard InChI is InChI=1S/C15H12ClIO2/c1-19-12-4-2-3-10(7-12)8-15(18)13-9-11(16)5-6-14(13)17/h2-7,9H,8H2,1H3. The van der Waals surface area contributed by atoms with Crippen LogP contribution >= 0.6 is 34.2 Å². The summed E-state index contributed by atoms with van der Waals surface area (Å²) in [6.45, 7) is 0. The summed E-state index contributed by atoms with van der Waals surface area (Å²) in [6, 6.07) is 12.9. The predicted molar refractivity (Wildman–Crippen MR) is 85.2 cm³/mol. The number of carbonyl (C=O) groups is 1. The Balaban J connectivity index is 2.23. The molecule has 19 heavy (non-hydrogen) atoms. The molecule has 98 valence electrons. The lowest BCUT2D eigenvalue weighted by Gasteiger charge is -2.06. The third-order valence-electron chi connectivity index (χ3n) is 2.73. The normalized spacial score (nSPS) is 10.3. The van der Waals surface area contributed by atoms with Crippen LogP contribution in [-0.4, -0.2) is 12.9 Å². The van der Waals surface area contributed by atoms with Gasteiger partial charge in [0.15, 0.2) is 5.78 Å². The van der Waals surface area contributed by atoms with Gasteiger partial charge in [0.1, 0.15) is 5.75 Å². The fourth-order valence-electron chi connectivity index (χ4n) is 1.77. The van der Waals surface area contributed by atoms with Gasteiger partial charge in [-0.1, -0.05) is 23.7 Å². The summed E-state index contributed by atoms with van der Waals surface area (Å²) in [5.74, 6) is 0.811. The van der Waals surface area contributed by atoms with Crippen LogP contribution in [0.3, 0.4) is 0 Å². The van der Waals surface area contributed by atoms with E-state index in [1.807, 2.05) is 30.3 Å². The quantitative estimate of drug-likeness (QED) is 0.576. The van der Waals surface area contributed by atoms with Gasteiger partial charge in [0.05, 0.1) is 7.11 Å². The molecule has 2 rings (SSSR count). The molecule has 0 aliphatic heterocycles. The SMILES string of the molecule is COc1cccc(CC(=O)c2cc(Cl)ccc2I)c1. The van der Waals surface area contributed by atoms with Crippen molar-refractivity contribution in [1.82, 2.24) is 0 Å². The van der Waals surface area contributed by atoms with Crippen LogP contribution in [0.4, 0.5) is 0 Å². The van der Waals surface area contributed by atoms with Crippen molar-refractivity contribution in [2.75, 3.05) is 7.11 Å². The number of methoxy groups -OCH3 is 1. The number of benzene rings is 2. The zero-order chi connectivity index (χ0) is 13.8. The fourth-order valence-corrected chi connectivity index (χ4v) is 2.58. The first-order valence-electron chi connectivity index (χ1n) is 5.71. The van der Waals surface area contributed by atoms with Gasteiger partial charge in [0.25, 0.3) is 0 Å². The molecular weight excluding hydrogens is 375 g/mol. The lowest BCUT2D eigenvalue weighted by molar-refractivity contribution is 0.0992. The molecule has 0 heterocycles. The molecule has 0 atom stereocenters. The molecule has 0 aliphatic rings. The molecule has 0 unspecified atom stereocenters. The zero-order valence-corrected chi connectivity index (χ0v) is 13.2. The van der Waals surface area contributed by atoms with Crippen molar-refractivity contribution in [1.29, 1.82) is 0 Å². The molecule has 2 aromatic carbocycles. The molecule has 4 heteroatoms. The minimum absolute atomic E-state index is 0.0557. The third kappa shape index (κ3) is 3.70. The number of hydrogen-bond acceptors (Lipinski definition) is 2. The summed E-state index contributed by atoms with van der Waals surface area (Å²) in [7, 11) is 1.61. The molecule has 2 nitrogen and oxygen atoms in total. The highest BCUT2D eigenvalue weighted by molar-refractivity contribution is 14.1. The van der Waals surface area contributed by atoms with E-state index in [2.05, 4.69) is 22.6 Å². The monoisotopic (exact) mass is 386 g/mol. The summed E-state index contributed by atoms with van der Waals surface area (Å²) in [6.07, 6.45) is 0.341. The summed E-state index contributed by atoms with van der Waals surface area (Å²) >= 11 is 8.08.